The molecule has 0 heterocycles. The van der Waals surface area contributed by atoms with Crippen molar-refractivity contribution in [3.63, 3.8) is 0 Å². The monoisotopic (exact) mass is 585 g/mol. The molecule has 0 aromatic carbocycles. The van der Waals surface area contributed by atoms with Gasteiger partial charge >= 0.3 is 5.97 Å². The lowest BCUT2D eigenvalue weighted by molar-refractivity contribution is -0.137. The predicted octanol–water partition coefficient (Wildman–Crippen LogP) is 14.0. The van der Waals surface area contributed by atoms with E-state index in [1.165, 1.54) is 205 Å². The molecule has 40 heavy (non-hydrogen) atoms. The van der Waals surface area contributed by atoms with E-state index in [0.717, 1.165) is 18.7 Å². The largest absolute Gasteiger partial charge is 0.481 e. The molecule has 0 bridgehead atoms. The van der Waals surface area contributed by atoms with Gasteiger partial charge in [-0.05, 0) is 12.8 Å². The normalized spacial score (nSPS) is 11.4. The Bertz CT molecular complexity index is 467. The van der Waals surface area contributed by atoms with Gasteiger partial charge in [0.2, 0.25) is 0 Å². The molecule has 0 unspecified atom stereocenters. The molecule has 240 valence electrons. The Morgan fingerprint density at radius 2 is 0.450 bits per heavy atom. The molecule has 0 rings (SSSR count). The molecule has 0 aromatic rings. The highest BCUT2D eigenvalue weighted by Crippen LogP contribution is 2.17. The smallest absolute Gasteiger partial charge is 0.303 e. The summed E-state index contributed by atoms with van der Waals surface area (Å²) in [5.74, 6) is 0.192. The molecule has 0 saturated heterocycles. The average Bonchev–Trinajstić information content (AvgIpc) is 2.95. The molecular formula is C37H73ClO2. The van der Waals surface area contributed by atoms with E-state index in [1.54, 1.807) is 0 Å². The van der Waals surface area contributed by atoms with Crippen LogP contribution in [0.1, 0.15) is 225 Å². The molecule has 0 aromatic heterocycles. The standard InChI is InChI=1S/C37H73ClO2/c38-36-34-32-30-28-26-24-22-20-18-16-14-12-10-8-6-4-2-1-3-5-7-9-11-13-15-17-19-21-23-25-27-29-31-33-35-37(39)40/h1-36H2,(H,39,40). The third-order valence-corrected chi connectivity index (χ3v) is 9.04. The lowest BCUT2D eigenvalue weighted by atomic mass is 10.0. The zero-order valence-electron chi connectivity index (χ0n) is 27.2. The molecular weight excluding hydrogens is 512 g/mol. The highest BCUT2D eigenvalue weighted by molar-refractivity contribution is 6.17. The van der Waals surface area contributed by atoms with Crippen molar-refractivity contribution in [2.75, 3.05) is 5.88 Å². The van der Waals surface area contributed by atoms with Crippen LogP contribution in [0.3, 0.4) is 0 Å². The topological polar surface area (TPSA) is 37.3 Å². The number of alkyl halides is 1. The van der Waals surface area contributed by atoms with E-state index in [-0.39, 0.29) is 0 Å². The number of rotatable bonds is 36. The summed E-state index contributed by atoms with van der Waals surface area (Å²) >= 11 is 5.72. The Kier molecular flexibility index (Phi) is 36.6. The fourth-order valence-corrected chi connectivity index (χ4v) is 6.22. The van der Waals surface area contributed by atoms with Gasteiger partial charge in [-0.3, -0.25) is 4.79 Å². The lowest BCUT2D eigenvalue weighted by Crippen LogP contribution is -1.93. The Hall–Kier alpha value is -0.240. The highest BCUT2D eigenvalue weighted by Gasteiger charge is 1.98. The number of hydrogen-bond donors (Lipinski definition) is 1. The quantitative estimate of drug-likeness (QED) is 0.0587. The molecule has 2 nitrogen and oxygen atoms in total. The Balaban J connectivity index is 3.03. The zero-order valence-corrected chi connectivity index (χ0v) is 27.9. The maximum Gasteiger partial charge on any atom is 0.303 e. The van der Waals surface area contributed by atoms with Gasteiger partial charge in [-0.2, -0.15) is 0 Å². The highest BCUT2D eigenvalue weighted by atomic mass is 35.5. The molecule has 0 aliphatic carbocycles. The van der Waals surface area contributed by atoms with Gasteiger partial charge in [0, 0.05) is 12.3 Å². The van der Waals surface area contributed by atoms with Crippen LogP contribution in [0.4, 0.5) is 0 Å². The Morgan fingerprint density at radius 3 is 0.600 bits per heavy atom. The SMILES string of the molecule is O=C(O)CCCCCCCCCCCCCCCCCCCCCCCCCCCCCCCCCCCCCl. The van der Waals surface area contributed by atoms with E-state index >= 15 is 0 Å². The van der Waals surface area contributed by atoms with Crippen molar-refractivity contribution in [2.24, 2.45) is 0 Å². The van der Waals surface area contributed by atoms with Crippen LogP contribution in [0.5, 0.6) is 0 Å². The average molecular weight is 585 g/mol. The first-order valence-corrected chi connectivity index (χ1v) is 19.1. The number of hydrogen-bond acceptors (Lipinski definition) is 1. The molecule has 1 N–H and O–H groups in total. The fourth-order valence-electron chi connectivity index (χ4n) is 6.03. The van der Waals surface area contributed by atoms with Gasteiger partial charge in [0.15, 0.2) is 0 Å². The third kappa shape index (κ3) is 37.8. The van der Waals surface area contributed by atoms with Crippen LogP contribution in [0, 0.1) is 0 Å². The number of carbonyl (C=O) groups is 1. The molecule has 0 saturated carbocycles. The number of carboxylic acid groups (broad SMARTS) is 1. The Morgan fingerprint density at radius 1 is 0.300 bits per heavy atom. The number of carboxylic acids is 1. The van der Waals surface area contributed by atoms with Crippen LogP contribution in [0.15, 0.2) is 0 Å². The zero-order chi connectivity index (χ0) is 29.0. The third-order valence-electron chi connectivity index (χ3n) is 8.77. The van der Waals surface area contributed by atoms with Crippen LogP contribution in [-0.4, -0.2) is 17.0 Å². The maximum atomic E-state index is 10.5. The van der Waals surface area contributed by atoms with Gasteiger partial charge in [-0.15, -0.1) is 11.6 Å². The van der Waals surface area contributed by atoms with Crippen molar-refractivity contribution < 1.29 is 9.90 Å². The van der Waals surface area contributed by atoms with Crippen LogP contribution < -0.4 is 0 Å². The molecule has 0 atom stereocenters. The molecule has 3 heteroatoms. The molecule has 0 fully saturated rings. The second-order valence-electron chi connectivity index (χ2n) is 12.9. The molecule has 0 amide bonds. The summed E-state index contributed by atoms with van der Waals surface area (Å²) in [6.45, 7) is 0. The molecule has 0 radical (unpaired) electrons. The molecule has 0 aliphatic rings. The van der Waals surface area contributed by atoms with Gasteiger partial charge in [0.05, 0.1) is 0 Å². The van der Waals surface area contributed by atoms with E-state index in [4.69, 9.17) is 16.7 Å². The summed E-state index contributed by atoms with van der Waals surface area (Å²) in [4.78, 5) is 10.5. The lowest BCUT2D eigenvalue weighted by Gasteiger charge is -2.05. The second-order valence-corrected chi connectivity index (χ2v) is 13.2. The first kappa shape index (κ1) is 39.8. The summed E-state index contributed by atoms with van der Waals surface area (Å²) in [6.07, 6.45) is 47.8. The van der Waals surface area contributed by atoms with Crippen LogP contribution in [0.25, 0.3) is 0 Å². The van der Waals surface area contributed by atoms with Crippen LogP contribution in [0.2, 0.25) is 0 Å². The van der Waals surface area contributed by atoms with Crippen molar-refractivity contribution in [3.8, 4) is 0 Å². The van der Waals surface area contributed by atoms with Crippen molar-refractivity contribution >= 4 is 17.6 Å². The first-order valence-electron chi connectivity index (χ1n) is 18.5. The molecule has 0 spiro atoms. The summed E-state index contributed by atoms with van der Waals surface area (Å²) in [5.41, 5.74) is 0. The van der Waals surface area contributed by atoms with E-state index in [0.29, 0.717) is 6.42 Å². The summed E-state index contributed by atoms with van der Waals surface area (Å²) in [6, 6.07) is 0. The van der Waals surface area contributed by atoms with Gasteiger partial charge in [0.1, 0.15) is 0 Å². The minimum Gasteiger partial charge on any atom is -0.481 e. The van der Waals surface area contributed by atoms with Gasteiger partial charge < -0.3 is 5.11 Å². The van der Waals surface area contributed by atoms with Crippen molar-refractivity contribution in [2.45, 2.75) is 225 Å². The fraction of sp³-hybridized carbons (Fsp3) is 0.973. The van der Waals surface area contributed by atoms with Crippen LogP contribution in [-0.2, 0) is 4.79 Å². The van der Waals surface area contributed by atoms with Crippen LogP contribution >= 0.6 is 11.6 Å². The van der Waals surface area contributed by atoms with Gasteiger partial charge in [-0.1, -0.05) is 205 Å². The van der Waals surface area contributed by atoms with Gasteiger partial charge in [-0.25, -0.2) is 0 Å². The Labute approximate surface area is 257 Å². The second kappa shape index (κ2) is 36.8. The van der Waals surface area contributed by atoms with Gasteiger partial charge in [0.25, 0.3) is 0 Å². The van der Waals surface area contributed by atoms with E-state index < -0.39 is 5.97 Å². The molecule has 0 aliphatic heterocycles. The minimum atomic E-state index is -0.649. The minimum absolute atomic E-state index is 0.345. The van der Waals surface area contributed by atoms with Crippen molar-refractivity contribution in [1.82, 2.24) is 0 Å². The maximum absolute atomic E-state index is 10.5. The van der Waals surface area contributed by atoms with E-state index in [2.05, 4.69) is 0 Å². The van der Waals surface area contributed by atoms with E-state index in [1.807, 2.05) is 0 Å². The van der Waals surface area contributed by atoms with Crippen molar-refractivity contribution in [1.29, 1.82) is 0 Å². The number of aliphatic carboxylic acids is 1. The summed E-state index contributed by atoms with van der Waals surface area (Å²) in [7, 11) is 0. The van der Waals surface area contributed by atoms with Crippen molar-refractivity contribution in [3.05, 3.63) is 0 Å². The van der Waals surface area contributed by atoms with E-state index in [9.17, 15) is 4.79 Å². The summed E-state index contributed by atoms with van der Waals surface area (Å²) in [5, 5.41) is 8.63. The number of halogens is 1. The number of unbranched alkanes of at least 4 members (excludes halogenated alkanes) is 33. The summed E-state index contributed by atoms with van der Waals surface area (Å²) < 4.78 is 0. The first-order chi connectivity index (χ1) is 19.8. The predicted molar refractivity (Wildman–Crippen MR) is 180 cm³/mol.